The average Bonchev–Trinajstić information content (AvgIpc) is 2.79. The second-order valence-corrected chi connectivity index (χ2v) is 6.51. The van der Waals surface area contributed by atoms with E-state index in [1.54, 1.807) is 24.3 Å². The minimum atomic E-state index is -4.19. The number of rotatable bonds is 2. The molecule has 0 aliphatic heterocycles. The zero-order valence-corrected chi connectivity index (χ0v) is 12.0. The van der Waals surface area contributed by atoms with E-state index in [1.165, 1.54) is 6.07 Å². The van der Waals surface area contributed by atoms with Crippen molar-refractivity contribution in [2.75, 3.05) is 0 Å². The van der Waals surface area contributed by atoms with E-state index in [4.69, 9.17) is 11.6 Å². The van der Waals surface area contributed by atoms with Crippen molar-refractivity contribution < 1.29 is 13.5 Å². The molecule has 21 heavy (non-hydrogen) atoms. The fourth-order valence-corrected chi connectivity index (χ4v) is 3.88. The molecule has 1 heterocycles. The molecule has 8 heteroatoms. The highest BCUT2D eigenvalue weighted by molar-refractivity contribution is 7.90. The molecule has 0 aliphatic rings. The van der Waals surface area contributed by atoms with E-state index in [2.05, 4.69) is 0 Å². The molecular formula is C13H9ClN2O4S. The van der Waals surface area contributed by atoms with E-state index < -0.39 is 21.6 Å². The number of nitrogens with one attached hydrogen (secondary N) is 1. The Hall–Kier alpha value is -2.25. The number of H-pyrrole nitrogens is 1. The Morgan fingerprint density at radius 1 is 1.14 bits per heavy atom. The molecule has 0 bridgehead atoms. The Balaban J connectivity index is 2.32. The van der Waals surface area contributed by atoms with Crippen LogP contribution in [0.1, 0.15) is 0 Å². The number of imidazole rings is 1. The van der Waals surface area contributed by atoms with Crippen LogP contribution in [0.25, 0.3) is 10.8 Å². The molecule has 3 rings (SSSR count). The summed E-state index contributed by atoms with van der Waals surface area (Å²) >= 11 is 6.17. The lowest BCUT2D eigenvalue weighted by Gasteiger charge is -2.08. The third-order valence-electron chi connectivity index (χ3n) is 3.04. The Morgan fingerprint density at radius 3 is 2.52 bits per heavy atom. The van der Waals surface area contributed by atoms with Gasteiger partial charge in [-0.1, -0.05) is 41.9 Å². The summed E-state index contributed by atoms with van der Waals surface area (Å²) in [6.07, 6.45) is 0.795. The molecule has 0 fully saturated rings. The zero-order valence-electron chi connectivity index (χ0n) is 10.4. The first kappa shape index (κ1) is 13.7. The van der Waals surface area contributed by atoms with Gasteiger partial charge in [0.15, 0.2) is 0 Å². The molecule has 0 atom stereocenters. The summed E-state index contributed by atoms with van der Waals surface area (Å²) in [5.74, 6) is -0.541. The van der Waals surface area contributed by atoms with Gasteiger partial charge in [0.25, 0.3) is 10.0 Å². The van der Waals surface area contributed by atoms with E-state index >= 15 is 0 Å². The molecule has 108 valence electrons. The molecule has 0 saturated heterocycles. The highest BCUT2D eigenvalue weighted by atomic mass is 35.5. The molecule has 0 saturated carbocycles. The molecule has 0 amide bonds. The molecule has 6 nitrogen and oxygen atoms in total. The van der Waals surface area contributed by atoms with Gasteiger partial charge in [0.05, 0.1) is 11.2 Å². The van der Waals surface area contributed by atoms with E-state index in [1.807, 2.05) is 11.1 Å². The van der Waals surface area contributed by atoms with Crippen molar-refractivity contribution in [1.29, 1.82) is 0 Å². The SMILES string of the molecule is O=c1[nH]c(O)cn1S(=O)(=O)c1ccc2ccccc2c1Cl. The molecule has 0 unspecified atom stereocenters. The lowest BCUT2D eigenvalue weighted by atomic mass is 10.1. The van der Waals surface area contributed by atoms with Crippen LogP contribution in [-0.2, 0) is 10.0 Å². The fraction of sp³-hybridized carbons (Fsp3) is 0. The quantitative estimate of drug-likeness (QED) is 0.753. The smallest absolute Gasteiger partial charge is 0.342 e. The Bertz CT molecular complexity index is 1000. The minimum absolute atomic E-state index is 0.0284. The number of halogens is 1. The predicted octanol–water partition coefficient (Wildman–Crippen LogP) is 1.93. The van der Waals surface area contributed by atoms with Crippen molar-refractivity contribution in [3.05, 3.63) is 58.1 Å². The topological polar surface area (TPSA) is 92.2 Å². The summed E-state index contributed by atoms with van der Waals surface area (Å²) in [5, 5.41) is 10.6. The summed E-state index contributed by atoms with van der Waals surface area (Å²) in [6, 6.07) is 9.96. The van der Waals surface area contributed by atoms with Crippen LogP contribution in [0.3, 0.4) is 0 Å². The number of aromatic nitrogens is 2. The summed E-state index contributed by atoms with van der Waals surface area (Å²) in [7, 11) is -4.19. The van der Waals surface area contributed by atoms with Crippen molar-refractivity contribution in [1.82, 2.24) is 8.96 Å². The van der Waals surface area contributed by atoms with Crippen LogP contribution >= 0.6 is 11.6 Å². The van der Waals surface area contributed by atoms with E-state index in [9.17, 15) is 18.3 Å². The third kappa shape index (κ3) is 2.10. The van der Waals surface area contributed by atoms with Gasteiger partial charge in [0.1, 0.15) is 4.90 Å². The van der Waals surface area contributed by atoms with Crippen molar-refractivity contribution in [2.24, 2.45) is 0 Å². The fourth-order valence-electron chi connectivity index (χ4n) is 2.06. The number of hydrogen-bond donors (Lipinski definition) is 2. The second-order valence-electron chi connectivity index (χ2n) is 4.34. The Morgan fingerprint density at radius 2 is 1.86 bits per heavy atom. The largest absolute Gasteiger partial charge is 0.493 e. The van der Waals surface area contributed by atoms with E-state index in [0.717, 1.165) is 11.6 Å². The van der Waals surface area contributed by atoms with Crippen LogP contribution in [0.15, 0.2) is 52.3 Å². The maximum Gasteiger partial charge on any atom is 0.342 e. The molecule has 2 N–H and O–H groups in total. The molecule has 2 aromatic carbocycles. The standard InChI is InChI=1S/C13H9ClN2O4S/c14-12-9-4-2-1-3-8(9)5-6-10(12)21(19,20)16-7-11(17)15-13(16)18/h1-7,17H,(H,15,18). The molecule has 3 aromatic rings. The number of fused-ring (bicyclic) bond motifs is 1. The lowest BCUT2D eigenvalue weighted by Crippen LogP contribution is -2.24. The van der Waals surface area contributed by atoms with Gasteiger partial charge in [-0.15, -0.1) is 0 Å². The Kier molecular flexibility index (Phi) is 3.03. The number of nitrogens with zero attached hydrogens (tertiary/aromatic N) is 1. The second kappa shape index (κ2) is 4.64. The van der Waals surface area contributed by atoms with Gasteiger partial charge in [-0.2, -0.15) is 3.97 Å². The number of aromatic hydroxyl groups is 1. The summed E-state index contributed by atoms with van der Waals surface area (Å²) in [5.41, 5.74) is -0.961. The third-order valence-corrected chi connectivity index (χ3v) is 5.24. The van der Waals surface area contributed by atoms with Crippen LogP contribution in [0.4, 0.5) is 0 Å². The number of hydrogen-bond acceptors (Lipinski definition) is 4. The van der Waals surface area contributed by atoms with Gasteiger partial charge < -0.3 is 5.11 Å². The van der Waals surface area contributed by atoms with Crippen LogP contribution in [0.2, 0.25) is 5.02 Å². The van der Waals surface area contributed by atoms with E-state index in [-0.39, 0.29) is 9.92 Å². The zero-order chi connectivity index (χ0) is 15.2. The van der Waals surface area contributed by atoms with Gasteiger partial charge in [0, 0.05) is 5.39 Å². The highest BCUT2D eigenvalue weighted by Crippen LogP contribution is 2.31. The number of benzene rings is 2. The van der Waals surface area contributed by atoms with Crippen LogP contribution < -0.4 is 5.69 Å². The maximum atomic E-state index is 12.5. The van der Waals surface area contributed by atoms with Gasteiger partial charge in [-0.25, -0.2) is 13.2 Å². The molecule has 1 aromatic heterocycles. The van der Waals surface area contributed by atoms with Crippen LogP contribution in [-0.4, -0.2) is 22.5 Å². The first-order valence-corrected chi connectivity index (χ1v) is 7.66. The normalized spacial score (nSPS) is 11.9. The summed E-state index contributed by atoms with van der Waals surface area (Å²) < 4.78 is 25.4. The van der Waals surface area contributed by atoms with Gasteiger partial charge in [-0.05, 0) is 11.5 Å². The van der Waals surface area contributed by atoms with Gasteiger partial charge in [-0.3, -0.25) is 4.98 Å². The van der Waals surface area contributed by atoms with Crippen LogP contribution in [0, 0.1) is 0 Å². The molecular weight excluding hydrogens is 316 g/mol. The van der Waals surface area contributed by atoms with Gasteiger partial charge >= 0.3 is 5.69 Å². The van der Waals surface area contributed by atoms with Crippen LogP contribution in [0.5, 0.6) is 5.88 Å². The molecule has 0 aliphatic carbocycles. The summed E-state index contributed by atoms with van der Waals surface area (Å²) in [6.45, 7) is 0. The number of aromatic amines is 1. The van der Waals surface area contributed by atoms with E-state index in [0.29, 0.717) is 9.36 Å². The molecule has 0 radical (unpaired) electrons. The highest BCUT2D eigenvalue weighted by Gasteiger charge is 2.24. The van der Waals surface area contributed by atoms with Crippen molar-refractivity contribution in [2.45, 2.75) is 4.90 Å². The first-order valence-electron chi connectivity index (χ1n) is 5.85. The first-order chi connectivity index (χ1) is 9.91. The summed E-state index contributed by atoms with van der Waals surface area (Å²) in [4.78, 5) is 13.3. The average molecular weight is 325 g/mol. The predicted molar refractivity (Wildman–Crippen MR) is 78.3 cm³/mol. The lowest BCUT2D eigenvalue weighted by molar-refractivity contribution is 0.455. The minimum Gasteiger partial charge on any atom is -0.493 e. The maximum absolute atomic E-state index is 12.5. The van der Waals surface area contributed by atoms with Crippen molar-refractivity contribution in [3.63, 3.8) is 0 Å². The Labute approximate surface area is 124 Å². The molecule has 0 spiro atoms. The van der Waals surface area contributed by atoms with Crippen molar-refractivity contribution >= 4 is 32.4 Å². The monoisotopic (exact) mass is 324 g/mol. The van der Waals surface area contributed by atoms with Crippen molar-refractivity contribution in [3.8, 4) is 5.88 Å². The van der Waals surface area contributed by atoms with Gasteiger partial charge in [0.2, 0.25) is 5.88 Å².